The Morgan fingerprint density at radius 3 is 2.12 bits per heavy atom. The van der Waals surface area contributed by atoms with Crippen LogP contribution >= 0.6 is 0 Å². The number of hydrogen-bond acceptors (Lipinski definition) is 2. The predicted octanol–water partition coefficient (Wildman–Crippen LogP) is -0.0734. The number of ether oxygens (including phenoxy) is 1. The van der Waals surface area contributed by atoms with E-state index in [9.17, 15) is 0 Å². The summed E-state index contributed by atoms with van der Waals surface area (Å²) in [6, 6.07) is 0. The zero-order valence-electron chi connectivity index (χ0n) is 5.35. The summed E-state index contributed by atoms with van der Waals surface area (Å²) in [6.07, 6.45) is 0.124. The van der Waals surface area contributed by atoms with Gasteiger partial charge >= 0.3 is 0 Å². The van der Waals surface area contributed by atoms with Crippen LogP contribution in [0.25, 0.3) is 0 Å². The van der Waals surface area contributed by atoms with Crippen LogP contribution in [0, 0.1) is 0 Å². The molecule has 52 valence electrons. The SMILES string of the molecule is CCOC(O)CC.O. The smallest absolute Gasteiger partial charge is 0.154 e. The molecule has 8 heavy (non-hydrogen) atoms. The molecule has 0 spiro atoms. The Hall–Kier alpha value is -0.120. The second kappa shape index (κ2) is 6.88. The molecule has 0 amide bonds. The van der Waals surface area contributed by atoms with E-state index in [4.69, 9.17) is 9.84 Å². The molecule has 0 aliphatic rings. The highest BCUT2D eigenvalue weighted by molar-refractivity contribution is 4.29. The Labute approximate surface area is 49.6 Å². The first-order valence-electron chi connectivity index (χ1n) is 2.61. The molecule has 3 N–H and O–H groups in total. The standard InChI is InChI=1S/C5H12O2.H2O/c1-3-5(6)7-4-2;/h5-6H,3-4H2,1-2H3;1H2. The highest BCUT2D eigenvalue weighted by Gasteiger charge is 1.93. The normalized spacial score (nSPS) is 12.4. The molecule has 0 saturated carbocycles. The summed E-state index contributed by atoms with van der Waals surface area (Å²) in [7, 11) is 0. The Bertz CT molecular complexity index is 38.7. The topological polar surface area (TPSA) is 61.0 Å². The van der Waals surface area contributed by atoms with Crippen molar-refractivity contribution in [2.75, 3.05) is 6.61 Å². The van der Waals surface area contributed by atoms with Crippen molar-refractivity contribution in [1.82, 2.24) is 0 Å². The summed E-state index contributed by atoms with van der Waals surface area (Å²) in [4.78, 5) is 0. The lowest BCUT2D eigenvalue weighted by atomic mass is 10.5. The molecule has 1 unspecified atom stereocenters. The summed E-state index contributed by atoms with van der Waals surface area (Å²) < 4.78 is 4.75. The van der Waals surface area contributed by atoms with Crippen LogP contribution in [0.15, 0.2) is 0 Å². The average molecular weight is 122 g/mol. The van der Waals surface area contributed by atoms with E-state index >= 15 is 0 Å². The summed E-state index contributed by atoms with van der Waals surface area (Å²) >= 11 is 0. The van der Waals surface area contributed by atoms with E-state index in [0.29, 0.717) is 13.0 Å². The van der Waals surface area contributed by atoms with Gasteiger partial charge in [0.1, 0.15) is 0 Å². The summed E-state index contributed by atoms with van der Waals surface area (Å²) in [5.41, 5.74) is 0. The number of rotatable bonds is 3. The quantitative estimate of drug-likeness (QED) is 0.532. The molecular formula is C5H14O3. The van der Waals surface area contributed by atoms with Crippen LogP contribution < -0.4 is 0 Å². The second-order valence-corrected chi connectivity index (χ2v) is 1.32. The lowest BCUT2D eigenvalue weighted by molar-refractivity contribution is -0.0953. The lowest BCUT2D eigenvalue weighted by Crippen LogP contribution is -2.08. The van der Waals surface area contributed by atoms with Gasteiger partial charge in [0.15, 0.2) is 6.29 Å². The van der Waals surface area contributed by atoms with Crippen LogP contribution in [-0.4, -0.2) is 23.5 Å². The molecule has 0 fully saturated rings. The van der Waals surface area contributed by atoms with Gasteiger partial charge in [0.05, 0.1) is 0 Å². The average Bonchev–Trinajstić information content (AvgIpc) is 1.68. The third-order valence-corrected chi connectivity index (χ3v) is 0.708. The van der Waals surface area contributed by atoms with E-state index in [1.54, 1.807) is 0 Å². The second-order valence-electron chi connectivity index (χ2n) is 1.32. The highest BCUT2D eigenvalue weighted by Crippen LogP contribution is 1.89. The maximum Gasteiger partial charge on any atom is 0.154 e. The minimum absolute atomic E-state index is 0. The first kappa shape index (κ1) is 10.8. The molecule has 3 heteroatoms. The van der Waals surface area contributed by atoms with Crippen LogP contribution in [0.4, 0.5) is 0 Å². The molecule has 1 atom stereocenters. The molecule has 0 heterocycles. The molecule has 0 aromatic heterocycles. The summed E-state index contributed by atoms with van der Waals surface area (Å²) in [5.74, 6) is 0. The van der Waals surface area contributed by atoms with Gasteiger partial charge in [-0.3, -0.25) is 0 Å². The van der Waals surface area contributed by atoms with Crippen molar-refractivity contribution in [3.63, 3.8) is 0 Å². The van der Waals surface area contributed by atoms with E-state index in [1.165, 1.54) is 0 Å². The molecule has 0 aliphatic carbocycles. The summed E-state index contributed by atoms with van der Waals surface area (Å²) in [5, 5.41) is 8.64. The Balaban J connectivity index is 0. The highest BCUT2D eigenvalue weighted by atomic mass is 16.6. The molecule has 0 rings (SSSR count). The number of hydrogen-bond donors (Lipinski definition) is 1. The van der Waals surface area contributed by atoms with E-state index in [1.807, 2.05) is 13.8 Å². The Morgan fingerprint density at radius 1 is 1.50 bits per heavy atom. The zero-order chi connectivity index (χ0) is 5.70. The fourth-order valence-electron chi connectivity index (χ4n) is 0.310. The maximum atomic E-state index is 8.64. The predicted molar refractivity (Wildman–Crippen MR) is 31.5 cm³/mol. The molecule has 0 aliphatic heterocycles. The third-order valence-electron chi connectivity index (χ3n) is 0.708. The van der Waals surface area contributed by atoms with Gasteiger partial charge < -0.3 is 15.3 Å². The van der Waals surface area contributed by atoms with Crippen molar-refractivity contribution in [1.29, 1.82) is 0 Å². The molecule has 0 bridgehead atoms. The third kappa shape index (κ3) is 5.88. The molecule has 0 aromatic carbocycles. The van der Waals surface area contributed by atoms with E-state index in [-0.39, 0.29) is 5.48 Å². The van der Waals surface area contributed by atoms with Crippen molar-refractivity contribution in [3.8, 4) is 0 Å². The van der Waals surface area contributed by atoms with Gasteiger partial charge in [-0.15, -0.1) is 0 Å². The minimum Gasteiger partial charge on any atom is -0.412 e. The molecule has 0 radical (unpaired) electrons. The van der Waals surface area contributed by atoms with Crippen molar-refractivity contribution < 1.29 is 15.3 Å². The number of aliphatic hydroxyl groups excluding tert-OH is 1. The monoisotopic (exact) mass is 122 g/mol. The van der Waals surface area contributed by atoms with Crippen LogP contribution in [0.2, 0.25) is 0 Å². The van der Waals surface area contributed by atoms with Gasteiger partial charge in [-0.1, -0.05) is 6.92 Å². The fourth-order valence-corrected chi connectivity index (χ4v) is 0.310. The first-order chi connectivity index (χ1) is 3.31. The van der Waals surface area contributed by atoms with Crippen molar-refractivity contribution >= 4 is 0 Å². The fraction of sp³-hybridized carbons (Fsp3) is 1.00. The van der Waals surface area contributed by atoms with Gasteiger partial charge in [0.2, 0.25) is 0 Å². The lowest BCUT2D eigenvalue weighted by Gasteiger charge is -2.04. The van der Waals surface area contributed by atoms with Crippen LogP contribution in [0.3, 0.4) is 0 Å². The largest absolute Gasteiger partial charge is 0.412 e. The Morgan fingerprint density at radius 2 is 2.00 bits per heavy atom. The number of aliphatic hydroxyl groups is 1. The van der Waals surface area contributed by atoms with Crippen molar-refractivity contribution in [3.05, 3.63) is 0 Å². The minimum atomic E-state index is -0.551. The molecule has 0 saturated heterocycles. The first-order valence-corrected chi connectivity index (χ1v) is 2.61. The maximum absolute atomic E-state index is 8.64. The van der Waals surface area contributed by atoms with Gasteiger partial charge in [0.25, 0.3) is 0 Å². The molecule has 3 nitrogen and oxygen atoms in total. The van der Waals surface area contributed by atoms with Crippen molar-refractivity contribution in [2.24, 2.45) is 0 Å². The Kier molecular flexibility index (Phi) is 9.28. The van der Waals surface area contributed by atoms with Gasteiger partial charge in [-0.2, -0.15) is 0 Å². The van der Waals surface area contributed by atoms with Crippen LogP contribution in [-0.2, 0) is 4.74 Å². The van der Waals surface area contributed by atoms with Gasteiger partial charge in [-0.05, 0) is 13.3 Å². The molecule has 0 aromatic rings. The zero-order valence-corrected chi connectivity index (χ0v) is 5.35. The van der Waals surface area contributed by atoms with E-state index in [0.717, 1.165) is 0 Å². The van der Waals surface area contributed by atoms with Gasteiger partial charge in [0, 0.05) is 6.61 Å². The van der Waals surface area contributed by atoms with Crippen LogP contribution in [0.5, 0.6) is 0 Å². The van der Waals surface area contributed by atoms with E-state index in [2.05, 4.69) is 0 Å². The van der Waals surface area contributed by atoms with E-state index < -0.39 is 6.29 Å². The van der Waals surface area contributed by atoms with Crippen molar-refractivity contribution in [2.45, 2.75) is 26.6 Å². The van der Waals surface area contributed by atoms with Gasteiger partial charge in [-0.25, -0.2) is 0 Å². The summed E-state index contributed by atoms with van der Waals surface area (Å²) in [6.45, 7) is 4.33. The van der Waals surface area contributed by atoms with Crippen LogP contribution in [0.1, 0.15) is 20.3 Å². The molecular weight excluding hydrogens is 108 g/mol.